The number of likely N-dealkylation sites (N-methyl/N-ethyl adjacent to an activating group) is 2. The van der Waals surface area contributed by atoms with Crippen LogP contribution in [0.5, 0.6) is 0 Å². The van der Waals surface area contributed by atoms with Gasteiger partial charge >= 0.3 is 6.03 Å². The number of rotatable bonds is 19. The molecule has 0 aromatic heterocycles. The largest absolute Gasteiger partial charge is 0.513 e. The molecule has 212 valence electrons. The lowest BCUT2D eigenvalue weighted by atomic mass is 10.1. The number of terminal acetylenes is 1. The lowest BCUT2D eigenvalue weighted by Gasteiger charge is -2.40. The fraction of sp³-hybridized carbons (Fsp3) is 0.600. The van der Waals surface area contributed by atoms with E-state index >= 15 is 0 Å². The normalized spacial score (nSPS) is 13.3. The van der Waals surface area contributed by atoms with Crippen LogP contribution < -0.4 is 10.6 Å². The predicted octanol–water partition coefficient (Wildman–Crippen LogP) is 4.90. The molecule has 0 aromatic rings. The molecule has 0 fully saturated rings. The highest BCUT2D eigenvalue weighted by Crippen LogP contribution is 2.18. The quantitative estimate of drug-likeness (QED) is 0.0963. The molecule has 1 atom stereocenters. The van der Waals surface area contributed by atoms with Gasteiger partial charge in [-0.25, -0.2) is 9.80 Å². The molecule has 1 unspecified atom stereocenters. The molecular weight excluding hydrogens is 478 g/mol. The third kappa shape index (κ3) is 12.4. The molecule has 8 heteroatoms. The van der Waals surface area contributed by atoms with Gasteiger partial charge in [0, 0.05) is 39.3 Å². The van der Waals surface area contributed by atoms with Crippen LogP contribution in [0.15, 0.2) is 48.4 Å². The van der Waals surface area contributed by atoms with Gasteiger partial charge in [-0.3, -0.25) is 4.79 Å². The molecule has 1 aliphatic rings. The highest BCUT2D eigenvalue weighted by Gasteiger charge is 2.36. The van der Waals surface area contributed by atoms with E-state index in [0.717, 1.165) is 37.7 Å². The number of aliphatic hydroxyl groups excluding tert-OH is 1. The molecule has 0 bridgehead atoms. The van der Waals surface area contributed by atoms with Gasteiger partial charge in [-0.2, -0.15) is 5.01 Å². The van der Waals surface area contributed by atoms with Crippen LogP contribution in [0, 0.1) is 12.3 Å². The molecular formula is C30H49N5O3. The fourth-order valence-corrected chi connectivity index (χ4v) is 4.30. The second kappa shape index (κ2) is 19.0. The predicted molar refractivity (Wildman–Crippen MR) is 156 cm³/mol. The van der Waals surface area contributed by atoms with Crippen LogP contribution in [0.4, 0.5) is 4.79 Å². The average molecular weight is 528 g/mol. The van der Waals surface area contributed by atoms with Crippen molar-refractivity contribution < 1.29 is 14.7 Å². The number of nitrogens with zero attached hydrogens (tertiary/aromatic N) is 3. The molecule has 0 saturated carbocycles. The second-order valence-corrected chi connectivity index (χ2v) is 9.82. The summed E-state index contributed by atoms with van der Waals surface area (Å²) in [4.78, 5) is 29.2. The zero-order chi connectivity index (χ0) is 28.3. The number of hydrogen-bond donors (Lipinski definition) is 3. The van der Waals surface area contributed by atoms with Crippen molar-refractivity contribution in [3.05, 3.63) is 48.4 Å². The van der Waals surface area contributed by atoms with Gasteiger partial charge < -0.3 is 20.6 Å². The molecule has 0 aromatic carbocycles. The summed E-state index contributed by atoms with van der Waals surface area (Å²) in [6, 6.07) is -1.29. The summed E-state index contributed by atoms with van der Waals surface area (Å²) in [5.41, 5.74) is 1.76. The lowest BCUT2D eigenvalue weighted by Crippen LogP contribution is -2.61. The molecule has 38 heavy (non-hydrogen) atoms. The summed E-state index contributed by atoms with van der Waals surface area (Å²) in [5, 5.41) is 18.9. The number of hydrogen-bond acceptors (Lipinski definition) is 5. The number of aliphatic hydroxyl groups is 1. The molecule has 0 radical (unpaired) electrons. The van der Waals surface area contributed by atoms with Crippen LogP contribution in [0.2, 0.25) is 0 Å². The topological polar surface area (TPSA) is 88.1 Å². The third-order valence-electron chi connectivity index (χ3n) is 6.59. The summed E-state index contributed by atoms with van der Waals surface area (Å²) in [6.07, 6.45) is 20.7. The van der Waals surface area contributed by atoms with Crippen LogP contribution in [-0.2, 0) is 4.79 Å². The minimum Gasteiger partial charge on any atom is -0.513 e. The summed E-state index contributed by atoms with van der Waals surface area (Å²) in [6.45, 7) is 11.1. The van der Waals surface area contributed by atoms with Crippen LogP contribution in [0.1, 0.15) is 71.1 Å². The Hall–Kier alpha value is -3.18. The van der Waals surface area contributed by atoms with Crippen LogP contribution in [0.25, 0.3) is 0 Å². The summed E-state index contributed by atoms with van der Waals surface area (Å²) in [7, 11) is 3.51. The number of unbranched alkanes of at least 4 members (excludes halogenated alkanes) is 5. The molecule has 1 aliphatic carbocycles. The van der Waals surface area contributed by atoms with E-state index in [4.69, 9.17) is 6.42 Å². The number of nitrogens with one attached hydrogen (secondary N) is 2. The number of hydrazine groups is 1. The van der Waals surface area contributed by atoms with Crippen molar-refractivity contribution in [2.45, 2.75) is 77.2 Å². The first-order valence-electron chi connectivity index (χ1n) is 13.8. The first-order valence-corrected chi connectivity index (χ1v) is 13.8. The Labute approximate surface area is 230 Å². The maximum atomic E-state index is 13.8. The van der Waals surface area contributed by atoms with Gasteiger partial charge in [-0.05, 0) is 25.7 Å². The Morgan fingerprint density at radius 2 is 1.92 bits per heavy atom. The number of carbonyl (C=O) groups excluding carboxylic acids is 2. The van der Waals surface area contributed by atoms with Crippen molar-refractivity contribution in [1.82, 2.24) is 25.6 Å². The molecule has 3 N–H and O–H groups in total. The molecule has 0 aliphatic heterocycles. The Bertz CT molecular complexity index is 874. The van der Waals surface area contributed by atoms with Gasteiger partial charge in [0.05, 0.1) is 18.8 Å². The number of allylic oxidation sites excluding steroid dienone is 4. The number of carbonyl (C=O) groups is 2. The number of urea groups is 1. The SMILES string of the molecule is C#CCN(CC(=C)NC)N(C(=O)NCC1=CC=CCC1)C(CCC(=C)O)C(=O)N(C)CCCCCCCC. The first-order chi connectivity index (χ1) is 18.2. The highest BCUT2D eigenvalue weighted by atomic mass is 16.3. The zero-order valence-electron chi connectivity index (χ0n) is 23.8. The van der Waals surface area contributed by atoms with Crippen molar-refractivity contribution in [3.8, 4) is 12.3 Å². The monoisotopic (exact) mass is 527 g/mol. The Morgan fingerprint density at radius 1 is 1.21 bits per heavy atom. The van der Waals surface area contributed by atoms with Crippen molar-refractivity contribution in [2.75, 3.05) is 40.3 Å². The van der Waals surface area contributed by atoms with Crippen molar-refractivity contribution in [2.24, 2.45) is 0 Å². The van der Waals surface area contributed by atoms with E-state index in [1.54, 1.807) is 24.0 Å². The van der Waals surface area contributed by atoms with Gasteiger partial charge in [-0.15, -0.1) is 6.42 Å². The van der Waals surface area contributed by atoms with Crippen LogP contribution >= 0.6 is 0 Å². The van der Waals surface area contributed by atoms with Crippen molar-refractivity contribution in [3.63, 3.8) is 0 Å². The average Bonchev–Trinajstić information content (AvgIpc) is 2.91. The highest BCUT2D eigenvalue weighted by molar-refractivity contribution is 5.87. The molecule has 0 spiro atoms. The molecule has 8 nitrogen and oxygen atoms in total. The van der Waals surface area contributed by atoms with E-state index < -0.39 is 12.1 Å². The van der Waals surface area contributed by atoms with E-state index in [1.807, 2.05) is 12.2 Å². The van der Waals surface area contributed by atoms with E-state index in [9.17, 15) is 14.7 Å². The van der Waals surface area contributed by atoms with E-state index in [1.165, 1.54) is 24.3 Å². The maximum absolute atomic E-state index is 13.8. The first kappa shape index (κ1) is 32.8. The molecule has 0 heterocycles. The molecule has 1 rings (SSSR count). The van der Waals surface area contributed by atoms with Crippen molar-refractivity contribution in [1.29, 1.82) is 0 Å². The number of amides is 3. The summed E-state index contributed by atoms with van der Waals surface area (Å²) in [5.74, 6) is 2.37. The van der Waals surface area contributed by atoms with Crippen LogP contribution in [0.3, 0.4) is 0 Å². The Morgan fingerprint density at radius 3 is 2.53 bits per heavy atom. The van der Waals surface area contributed by atoms with Crippen LogP contribution in [-0.4, -0.2) is 78.3 Å². The van der Waals surface area contributed by atoms with Gasteiger partial charge in [-0.1, -0.05) is 81.9 Å². The van der Waals surface area contributed by atoms with Gasteiger partial charge in [0.2, 0.25) is 5.91 Å². The Kier molecular flexibility index (Phi) is 16.4. The van der Waals surface area contributed by atoms with Crippen molar-refractivity contribution >= 4 is 11.9 Å². The Balaban J connectivity index is 3.19. The van der Waals surface area contributed by atoms with E-state index in [0.29, 0.717) is 18.8 Å². The zero-order valence-corrected chi connectivity index (χ0v) is 23.8. The van der Waals surface area contributed by atoms with E-state index in [2.05, 4.69) is 42.7 Å². The van der Waals surface area contributed by atoms with Gasteiger partial charge in [0.1, 0.15) is 6.04 Å². The standard InChI is InChI=1S/C30H49N5O3/c1-7-9-10-11-12-16-22-33(6)29(37)28(20-19-26(4)36)35(34(21-8-2)24-25(3)31-5)30(38)32-23-27-17-14-13-15-18-27/h2,13-14,17,28,31,36H,3-4,7,9-12,15-16,18-24H2,1,5-6H3,(H,32,38). The minimum atomic E-state index is -0.873. The van der Waals surface area contributed by atoms with E-state index in [-0.39, 0.29) is 37.6 Å². The lowest BCUT2D eigenvalue weighted by molar-refractivity contribution is -0.141. The fourth-order valence-electron chi connectivity index (χ4n) is 4.30. The molecule has 3 amide bonds. The second-order valence-electron chi connectivity index (χ2n) is 9.82. The smallest absolute Gasteiger partial charge is 0.332 e. The van der Waals surface area contributed by atoms with Gasteiger partial charge in [0.15, 0.2) is 0 Å². The third-order valence-corrected chi connectivity index (χ3v) is 6.59. The van der Waals surface area contributed by atoms with Gasteiger partial charge in [0.25, 0.3) is 0 Å². The summed E-state index contributed by atoms with van der Waals surface area (Å²) < 4.78 is 0. The summed E-state index contributed by atoms with van der Waals surface area (Å²) >= 11 is 0. The molecule has 0 saturated heterocycles. The minimum absolute atomic E-state index is 0.0379. The maximum Gasteiger partial charge on any atom is 0.332 e.